The van der Waals surface area contributed by atoms with Crippen LogP contribution in [0.2, 0.25) is 0 Å². The van der Waals surface area contributed by atoms with E-state index in [1.54, 1.807) is 14.2 Å². The molecule has 2 nitrogen and oxygen atoms in total. The SMILES string of the molecule is [CH2-]c1c(OC)cccc1OC.[Li+]. The summed E-state index contributed by atoms with van der Waals surface area (Å²) in [7, 11) is 3.23. The molecule has 1 aromatic rings. The fourth-order valence-corrected chi connectivity index (χ4v) is 0.928. The molecule has 0 spiro atoms. The van der Waals surface area contributed by atoms with Crippen molar-refractivity contribution in [1.82, 2.24) is 0 Å². The zero-order valence-corrected chi connectivity index (χ0v) is 7.76. The maximum atomic E-state index is 5.04. The van der Waals surface area contributed by atoms with Crippen molar-refractivity contribution in [3.8, 4) is 11.5 Å². The topological polar surface area (TPSA) is 18.5 Å². The molecule has 0 bridgehead atoms. The van der Waals surface area contributed by atoms with Crippen LogP contribution in [0.25, 0.3) is 0 Å². The first-order valence-corrected chi connectivity index (χ1v) is 3.32. The number of hydrogen-bond acceptors (Lipinski definition) is 2. The van der Waals surface area contributed by atoms with Gasteiger partial charge in [-0.3, -0.25) is 0 Å². The Morgan fingerprint density at radius 3 is 1.83 bits per heavy atom. The van der Waals surface area contributed by atoms with E-state index in [0.717, 1.165) is 17.1 Å². The van der Waals surface area contributed by atoms with E-state index in [1.165, 1.54) is 0 Å². The molecule has 0 aliphatic heterocycles. The van der Waals surface area contributed by atoms with Crippen molar-refractivity contribution in [2.75, 3.05) is 14.2 Å². The van der Waals surface area contributed by atoms with Gasteiger partial charge in [0.05, 0.1) is 14.2 Å². The third kappa shape index (κ3) is 2.13. The molecule has 0 aliphatic rings. The molecular weight excluding hydrogens is 147 g/mol. The van der Waals surface area contributed by atoms with Crippen LogP contribution in [-0.4, -0.2) is 14.2 Å². The first kappa shape index (κ1) is 11.3. The van der Waals surface area contributed by atoms with Gasteiger partial charge in [-0.15, -0.1) is 5.56 Å². The maximum Gasteiger partial charge on any atom is 1.00 e. The van der Waals surface area contributed by atoms with Crippen LogP contribution in [0.5, 0.6) is 11.5 Å². The average molecular weight is 158 g/mol. The standard InChI is InChI=1S/C9H11O2.Li/c1-7-8(10-2)5-4-6-9(7)11-3;/h4-6H,1H2,2-3H3;/q-1;+1. The number of hydrogen-bond donors (Lipinski definition) is 0. The molecule has 0 heterocycles. The molecule has 0 radical (unpaired) electrons. The van der Waals surface area contributed by atoms with Gasteiger partial charge < -0.3 is 9.47 Å². The van der Waals surface area contributed by atoms with E-state index in [0.29, 0.717) is 0 Å². The van der Waals surface area contributed by atoms with Gasteiger partial charge in [-0.1, -0.05) is 18.2 Å². The molecule has 0 fully saturated rings. The smallest absolute Gasteiger partial charge is 0.553 e. The van der Waals surface area contributed by atoms with Crippen LogP contribution >= 0.6 is 0 Å². The normalized spacial score (nSPS) is 8.50. The van der Waals surface area contributed by atoms with Crippen LogP contribution in [0, 0.1) is 6.92 Å². The Kier molecular flexibility index (Phi) is 4.73. The Morgan fingerprint density at radius 2 is 1.50 bits per heavy atom. The molecule has 0 aliphatic carbocycles. The van der Waals surface area contributed by atoms with Gasteiger partial charge in [-0.25, -0.2) is 0 Å². The van der Waals surface area contributed by atoms with Gasteiger partial charge in [-0.2, -0.15) is 6.92 Å². The molecule has 0 saturated heterocycles. The minimum atomic E-state index is 0. The summed E-state index contributed by atoms with van der Waals surface area (Å²) in [6, 6.07) is 5.57. The van der Waals surface area contributed by atoms with E-state index in [-0.39, 0.29) is 18.9 Å². The maximum absolute atomic E-state index is 5.04. The molecule has 12 heavy (non-hydrogen) atoms. The van der Waals surface area contributed by atoms with E-state index in [4.69, 9.17) is 9.47 Å². The monoisotopic (exact) mass is 158 g/mol. The van der Waals surface area contributed by atoms with Gasteiger partial charge in [0.25, 0.3) is 0 Å². The zero-order chi connectivity index (χ0) is 8.27. The third-order valence-corrected chi connectivity index (χ3v) is 1.53. The number of benzene rings is 1. The second-order valence-corrected chi connectivity index (χ2v) is 2.14. The summed E-state index contributed by atoms with van der Waals surface area (Å²) in [6.07, 6.45) is 0. The molecule has 3 heteroatoms. The van der Waals surface area contributed by atoms with Crippen LogP contribution < -0.4 is 28.3 Å². The Balaban J connectivity index is 0.00000121. The minimum Gasteiger partial charge on any atom is -0.553 e. The van der Waals surface area contributed by atoms with Crippen molar-refractivity contribution < 1.29 is 28.3 Å². The largest absolute Gasteiger partial charge is 1.00 e. The molecule has 0 aromatic heterocycles. The third-order valence-electron chi connectivity index (χ3n) is 1.53. The molecule has 1 aromatic carbocycles. The van der Waals surface area contributed by atoms with Crippen molar-refractivity contribution in [2.24, 2.45) is 0 Å². The van der Waals surface area contributed by atoms with E-state index in [2.05, 4.69) is 6.92 Å². The quantitative estimate of drug-likeness (QED) is 0.401. The Bertz CT molecular complexity index is 226. The molecule has 0 atom stereocenters. The van der Waals surface area contributed by atoms with Crippen molar-refractivity contribution in [2.45, 2.75) is 0 Å². The van der Waals surface area contributed by atoms with Crippen LogP contribution in [0.3, 0.4) is 0 Å². The predicted molar refractivity (Wildman–Crippen MR) is 44.0 cm³/mol. The predicted octanol–water partition coefficient (Wildman–Crippen LogP) is -1.11. The average Bonchev–Trinajstić information content (AvgIpc) is 2.05. The molecule has 0 saturated carbocycles. The van der Waals surface area contributed by atoms with Crippen molar-refractivity contribution >= 4 is 0 Å². The second kappa shape index (κ2) is 5.03. The van der Waals surface area contributed by atoms with Gasteiger partial charge in [0.15, 0.2) is 0 Å². The van der Waals surface area contributed by atoms with Gasteiger partial charge in [0.2, 0.25) is 0 Å². The van der Waals surface area contributed by atoms with Gasteiger partial charge >= 0.3 is 18.9 Å². The Hall–Kier alpha value is -0.713. The zero-order valence-electron chi connectivity index (χ0n) is 7.76. The molecular formula is C9H11LiO2. The van der Waals surface area contributed by atoms with E-state index < -0.39 is 0 Å². The summed E-state index contributed by atoms with van der Waals surface area (Å²) >= 11 is 0. The van der Waals surface area contributed by atoms with Gasteiger partial charge in [0, 0.05) is 11.5 Å². The fraction of sp³-hybridized carbons (Fsp3) is 0.222. The van der Waals surface area contributed by atoms with Crippen LogP contribution in [0.15, 0.2) is 18.2 Å². The van der Waals surface area contributed by atoms with Gasteiger partial charge in [-0.05, 0) is 0 Å². The number of methoxy groups -OCH3 is 2. The van der Waals surface area contributed by atoms with Crippen molar-refractivity contribution in [3.05, 3.63) is 30.7 Å². The van der Waals surface area contributed by atoms with Crippen LogP contribution in [0.4, 0.5) is 0 Å². The summed E-state index contributed by atoms with van der Waals surface area (Å²) in [4.78, 5) is 0. The molecule has 60 valence electrons. The van der Waals surface area contributed by atoms with E-state index in [1.807, 2.05) is 18.2 Å². The fourth-order valence-electron chi connectivity index (χ4n) is 0.928. The van der Waals surface area contributed by atoms with Crippen molar-refractivity contribution in [3.63, 3.8) is 0 Å². The Morgan fingerprint density at radius 1 is 1.08 bits per heavy atom. The summed E-state index contributed by atoms with van der Waals surface area (Å²) in [6.45, 7) is 3.81. The first-order valence-electron chi connectivity index (χ1n) is 3.32. The minimum absolute atomic E-state index is 0. The van der Waals surface area contributed by atoms with Crippen molar-refractivity contribution in [1.29, 1.82) is 0 Å². The second-order valence-electron chi connectivity index (χ2n) is 2.14. The molecule has 0 amide bonds. The number of ether oxygens (including phenoxy) is 2. The van der Waals surface area contributed by atoms with Crippen LogP contribution in [0.1, 0.15) is 5.56 Å². The molecule has 0 N–H and O–H groups in total. The Labute approximate surface area is 85.1 Å². The molecule has 1 rings (SSSR count). The van der Waals surface area contributed by atoms with Gasteiger partial charge in [0.1, 0.15) is 0 Å². The summed E-state index contributed by atoms with van der Waals surface area (Å²) < 4.78 is 10.1. The summed E-state index contributed by atoms with van der Waals surface area (Å²) in [5.41, 5.74) is 0.789. The first-order chi connectivity index (χ1) is 5.29. The summed E-state index contributed by atoms with van der Waals surface area (Å²) in [5.74, 6) is 1.51. The van der Waals surface area contributed by atoms with E-state index in [9.17, 15) is 0 Å². The van der Waals surface area contributed by atoms with E-state index >= 15 is 0 Å². The van der Waals surface area contributed by atoms with Crippen LogP contribution in [-0.2, 0) is 0 Å². The molecule has 0 unspecified atom stereocenters. The number of rotatable bonds is 2. The summed E-state index contributed by atoms with van der Waals surface area (Å²) in [5, 5.41) is 0.